The Morgan fingerprint density at radius 1 is 1.45 bits per heavy atom. The Morgan fingerprint density at radius 3 is 3.09 bits per heavy atom. The summed E-state index contributed by atoms with van der Waals surface area (Å²) >= 11 is 3.61. The van der Waals surface area contributed by atoms with Gasteiger partial charge in [-0.25, -0.2) is 0 Å². The number of halogens is 1. The quantitative estimate of drug-likeness (QED) is 0.736. The number of fused-ring (bicyclic) bond motifs is 1. The van der Waals surface area contributed by atoms with Crippen LogP contribution in [0, 0.1) is 3.57 Å². The first-order chi connectivity index (χ1) is 5.27. The number of rotatable bonds is 0. The van der Waals surface area contributed by atoms with Gasteiger partial charge in [-0.1, -0.05) is 11.5 Å². The maximum absolute atomic E-state index is 11.0. The van der Waals surface area contributed by atoms with Crippen LogP contribution in [0.5, 0.6) is 0 Å². The second-order valence-electron chi connectivity index (χ2n) is 2.17. The van der Waals surface area contributed by atoms with Crippen molar-refractivity contribution in [1.29, 1.82) is 0 Å². The van der Waals surface area contributed by atoms with Gasteiger partial charge in [-0.05, 0) is 40.8 Å². The van der Waals surface area contributed by atoms with E-state index in [9.17, 15) is 4.79 Å². The first kappa shape index (κ1) is 7.30. The van der Waals surface area contributed by atoms with E-state index in [0.717, 1.165) is 13.7 Å². The monoisotopic (exact) mass is 277 g/mol. The normalized spacial score (nSPS) is 10.6. The molecule has 2 aromatic rings. The summed E-state index contributed by atoms with van der Waals surface area (Å²) in [5.74, 6) is 0. The van der Waals surface area contributed by atoms with Crippen LogP contribution in [0.3, 0.4) is 0 Å². The van der Waals surface area contributed by atoms with E-state index in [1.165, 1.54) is 11.5 Å². The lowest BCUT2D eigenvalue weighted by Gasteiger charge is -1.86. The summed E-state index contributed by atoms with van der Waals surface area (Å²) in [6.07, 6.45) is 0. The molecule has 1 N–H and O–H groups in total. The average molecular weight is 277 g/mol. The summed E-state index contributed by atoms with van der Waals surface area (Å²) in [7, 11) is 0. The summed E-state index contributed by atoms with van der Waals surface area (Å²) in [6, 6.07) is 5.79. The zero-order valence-electron chi connectivity index (χ0n) is 5.43. The van der Waals surface area contributed by atoms with Gasteiger partial charge in [0.1, 0.15) is 0 Å². The van der Waals surface area contributed by atoms with Gasteiger partial charge in [0, 0.05) is 3.57 Å². The fourth-order valence-corrected chi connectivity index (χ4v) is 2.40. The molecule has 2 rings (SSSR count). The van der Waals surface area contributed by atoms with Gasteiger partial charge in [0.25, 0.3) is 5.56 Å². The fourth-order valence-electron chi connectivity index (χ4n) is 0.925. The van der Waals surface area contributed by atoms with Crippen molar-refractivity contribution in [3.05, 3.63) is 32.1 Å². The summed E-state index contributed by atoms with van der Waals surface area (Å²) in [6.45, 7) is 0. The SMILES string of the molecule is O=c1[nH]sc2cc(I)ccc12. The number of hydrogen-bond donors (Lipinski definition) is 1. The van der Waals surface area contributed by atoms with Gasteiger partial charge in [-0.2, -0.15) is 0 Å². The van der Waals surface area contributed by atoms with Crippen LogP contribution in [-0.2, 0) is 0 Å². The van der Waals surface area contributed by atoms with E-state index in [1.54, 1.807) is 0 Å². The summed E-state index contributed by atoms with van der Waals surface area (Å²) < 4.78 is 4.87. The number of aromatic amines is 1. The van der Waals surface area contributed by atoms with Crippen molar-refractivity contribution in [3.8, 4) is 0 Å². The van der Waals surface area contributed by atoms with Crippen molar-refractivity contribution in [2.75, 3.05) is 0 Å². The molecular weight excluding hydrogens is 273 g/mol. The van der Waals surface area contributed by atoms with Gasteiger partial charge < -0.3 is 0 Å². The molecule has 0 aliphatic heterocycles. The highest BCUT2D eigenvalue weighted by Crippen LogP contribution is 2.16. The number of benzene rings is 1. The molecule has 2 nitrogen and oxygen atoms in total. The molecule has 0 bridgehead atoms. The van der Waals surface area contributed by atoms with Crippen LogP contribution in [0.15, 0.2) is 23.0 Å². The highest BCUT2D eigenvalue weighted by Gasteiger charge is 1.99. The van der Waals surface area contributed by atoms with Crippen LogP contribution in [0.2, 0.25) is 0 Å². The topological polar surface area (TPSA) is 32.9 Å². The third-order valence-electron chi connectivity index (χ3n) is 1.44. The van der Waals surface area contributed by atoms with Crippen molar-refractivity contribution in [2.45, 2.75) is 0 Å². The number of hydrogen-bond acceptors (Lipinski definition) is 2. The van der Waals surface area contributed by atoms with Crippen LogP contribution < -0.4 is 5.56 Å². The molecule has 1 heterocycles. The molecule has 4 heteroatoms. The van der Waals surface area contributed by atoms with Crippen molar-refractivity contribution < 1.29 is 0 Å². The number of H-pyrrole nitrogens is 1. The Kier molecular flexibility index (Phi) is 1.72. The fraction of sp³-hybridized carbons (Fsp3) is 0. The lowest BCUT2D eigenvalue weighted by atomic mass is 10.3. The zero-order valence-corrected chi connectivity index (χ0v) is 8.40. The summed E-state index contributed by atoms with van der Waals surface area (Å²) in [5, 5.41) is 0.787. The lowest BCUT2D eigenvalue weighted by Crippen LogP contribution is -1.95. The Bertz CT molecular complexity index is 445. The molecule has 0 unspecified atom stereocenters. The van der Waals surface area contributed by atoms with Crippen LogP contribution in [-0.4, -0.2) is 4.37 Å². The second kappa shape index (κ2) is 2.60. The van der Waals surface area contributed by atoms with Crippen LogP contribution in [0.4, 0.5) is 0 Å². The minimum absolute atomic E-state index is 0.0152. The van der Waals surface area contributed by atoms with Gasteiger partial charge in [0.2, 0.25) is 0 Å². The van der Waals surface area contributed by atoms with Crippen molar-refractivity contribution in [1.82, 2.24) is 4.37 Å². The van der Waals surface area contributed by atoms with Crippen LogP contribution >= 0.6 is 34.1 Å². The first-order valence-corrected chi connectivity index (χ1v) is 4.93. The first-order valence-electron chi connectivity index (χ1n) is 3.04. The van der Waals surface area contributed by atoms with Gasteiger partial charge in [0.15, 0.2) is 0 Å². The van der Waals surface area contributed by atoms with E-state index in [4.69, 9.17) is 0 Å². The predicted octanol–water partition coefficient (Wildman–Crippen LogP) is 2.19. The van der Waals surface area contributed by atoms with E-state index >= 15 is 0 Å². The Labute approximate surface area is 80.5 Å². The maximum Gasteiger partial charge on any atom is 0.265 e. The molecule has 11 heavy (non-hydrogen) atoms. The van der Waals surface area contributed by atoms with Gasteiger partial charge in [0.05, 0.1) is 10.1 Å². The van der Waals surface area contributed by atoms with Gasteiger partial charge in [-0.15, -0.1) is 0 Å². The molecule has 0 atom stereocenters. The van der Waals surface area contributed by atoms with Crippen LogP contribution in [0.1, 0.15) is 0 Å². The molecule has 0 aliphatic carbocycles. The average Bonchev–Trinajstić information content (AvgIpc) is 2.32. The number of nitrogens with one attached hydrogen (secondary N) is 1. The molecule has 0 radical (unpaired) electrons. The van der Waals surface area contributed by atoms with Crippen molar-refractivity contribution >= 4 is 44.2 Å². The van der Waals surface area contributed by atoms with Gasteiger partial charge in [-0.3, -0.25) is 9.17 Å². The molecule has 0 amide bonds. The van der Waals surface area contributed by atoms with E-state index in [-0.39, 0.29) is 5.56 Å². The molecular formula is C7H4INOS. The van der Waals surface area contributed by atoms with E-state index < -0.39 is 0 Å². The summed E-state index contributed by atoms with van der Waals surface area (Å²) in [5.41, 5.74) is 0.0152. The molecule has 0 aliphatic rings. The molecule has 0 fully saturated rings. The highest BCUT2D eigenvalue weighted by atomic mass is 127. The molecule has 0 spiro atoms. The number of aromatic nitrogens is 1. The van der Waals surface area contributed by atoms with Crippen molar-refractivity contribution in [3.63, 3.8) is 0 Å². The predicted molar refractivity (Wildman–Crippen MR) is 55.2 cm³/mol. The third kappa shape index (κ3) is 1.20. The Hall–Kier alpha value is -0.360. The maximum atomic E-state index is 11.0. The van der Waals surface area contributed by atoms with E-state index in [0.29, 0.717) is 0 Å². The smallest absolute Gasteiger partial charge is 0.265 e. The van der Waals surface area contributed by atoms with Crippen molar-refractivity contribution in [2.24, 2.45) is 0 Å². The lowest BCUT2D eigenvalue weighted by molar-refractivity contribution is 1.46. The van der Waals surface area contributed by atoms with Crippen LogP contribution in [0.25, 0.3) is 10.1 Å². The molecule has 56 valence electrons. The molecule has 1 aromatic carbocycles. The standard InChI is InChI=1S/C7H4INOS/c8-4-1-2-5-6(3-4)11-9-7(5)10/h1-3H,(H,9,10). The molecule has 0 saturated carbocycles. The Balaban J connectivity index is 2.97. The Morgan fingerprint density at radius 2 is 2.27 bits per heavy atom. The minimum atomic E-state index is 0.0152. The van der Waals surface area contributed by atoms with Gasteiger partial charge >= 0.3 is 0 Å². The molecule has 1 aromatic heterocycles. The third-order valence-corrected chi connectivity index (χ3v) is 2.96. The van der Waals surface area contributed by atoms with E-state index in [1.807, 2.05) is 18.2 Å². The second-order valence-corrected chi connectivity index (χ2v) is 4.27. The summed E-state index contributed by atoms with van der Waals surface area (Å²) in [4.78, 5) is 11.0. The van der Waals surface area contributed by atoms with E-state index in [2.05, 4.69) is 27.0 Å². The largest absolute Gasteiger partial charge is 0.277 e. The zero-order chi connectivity index (χ0) is 7.84. The molecule has 0 saturated heterocycles. The highest BCUT2D eigenvalue weighted by molar-refractivity contribution is 14.1. The minimum Gasteiger partial charge on any atom is -0.277 e.